The number of carboxylic acid groups (broad SMARTS) is 1. The fourth-order valence-corrected chi connectivity index (χ4v) is 4.90. The van der Waals surface area contributed by atoms with Crippen LogP contribution >= 0.6 is 35.0 Å². The standard InChI is InChI=1S/C28H21Cl2N5O3S/c29-24-12-11-21(15-25(24)30)32-28-35-34-26(39-28)19-4-2-6-23(14-19)38-22-5-1-3-17(13-22)16-31-33-20-9-7-18(8-10-20)27(36)37/h1-16,26,28,32-33H,(H,36,37)/b31-16+. The molecule has 8 nitrogen and oxygen atoms in total. The molecule has 0 aliphatic carbocycles. The lowest BCUT2D eigenvalue weighted by Gasteiger charge is -2.13. The molecule has 4 aromatic carbocycles. The van der Waals surface area contributed by atoms with Gasteiger partial charge in [-0.1, -0.05) is 59.2 Å². The fourth-order valence-electron chi connectivity index (χ4n) is 3.63. The van der Waals surface area contributed by atoms with E-state index in [0.717, 1.165) is 16.8 Å². The van der Waals surface area contributed by atoms with E-state index in [1.807, 2.05) is 54.6 Å². The van der Waals surface area contributed by atoms with Crippen molar-refractivity contribution in [2.75, 3.05) is 10.7 Å². The molecule has 1 aliphatic rings. The van der Waals surface area contributed by atoms with Crippen molar-refractivity contribution < 1.29 is 14.6 Å². The molecule has 0 bridgehead atoms. The summed E-state index contributed by atoms with van der Waals surface area (Å²) in [7, 11) is 0. The first-order valence-electron chi connectivity index (χ1n) is 11.7. The number of anilines is 2. The van der Waals surface area contributed by atoms with Gasteiger partial charge < -0.3 is 15.2 Å². The zero-order valence-corrected chi connectivity index (χ0v) is 22.5. The summed E-state index contributed by atoms with van der Waals surface area (Å²) in [5, 5.41) is 26.1. The summed E-state index contributed by atoms with van der Waals surface area (Å²) in [5.74, 6) is 0.358. The number of azo groups is 1. The molecule has 39 heavy (non-hydrogen) atoms. The summed E-state index contributed by atoms with van der Waals surface area (Å²) in [6.45, 7) is 0. The number of hydrogen-bond donors (Lipinski definition) is 3. The number of halogens is 2. The third-order valence-electron chi connectivity index (χ3n) is 5.52. The number of nitrogens with one attached hydrogen (secondary N) is 2. The number of hydrazone groups is 1. The normalized spacial score (nSPS) is 16.4. The zero-order valence-electron chi connectivity index (χ0n) is 20.2. The van der Waals surface area contributed by atoms with Crippen LogP contribution in [-0.2, 0) is 0 Å². The number of rotatable bonds is 9. The van der Waals surface area contributed by atoms with Crippen LogP contribution in [0.2, 0.25) is 10.0 Å². The van der Waals surface area contributed by atoms with Gasteiger partial charge in [0.15, 0.2) is 5.50 Å². The molecule has 1 aliphatic heterocycles. The second kappa shape index (κ2) is 12.2. The van der Waals surface area contributed by atoms with Crippen molar-refractivity contribution in [1.82, 2.24) is 0 Å². The van der Waals surface area contributed by atoms with Crippen molar-refractivity contribution >= 4 is 58.5 Å². The van der Waals surface area contributed by atoms with Gasteiger partial charge in [0.25, 0.3) is 0 Å². The minimum Gasteiger partial charge on any atom is -0.478 e. The first kappa shape index (κ1) is 26.6. The third-order valence-corrected chi connectivity index (χ3v) is 7.35. The molecule has 196 valence electrons. The first-order chi connectivity index (χ1) is 18.9. The monoisotopic (exact) mass is 577 g/mol. The van der Waals surface area contributed by atoms with Gasteiger partial charge in [0.05, 0.1) is 27.5 Å². The SMILES string of the molecule is O=C(O)c1ccc(N/N=C/c2cccc(Oc3cccc(C4N=NC(Nc5ccc(Cl)c(Cl)c5)S4)c3)c2)cc1. The number of carboxylic acids is 1. The minimum absolute atomic E-state index is 0.178. The van der Waals surface area contributed by atoms with Gasteiger partial charge in [-0.25, -0.2) is 4.79 Å². The maximum absolute atomic E-state index is 11.0. The van der Waals surface area contributed by atoms with Crippen LogP contribution in [0, 0.1) is 0 Å². The predicted octanol–water partition coefficient (Wildman–Crippen LogP) is 8.52. The van der Waals surface area contributed by atoms with Crippen LogP contribution in [0.3, 0.4) is 0 Å². The van der Waals surface area contributed by atoms with Crippen molar-refractivity contribution in [3.05, 3.63) is 118 Å². The lowest BCUT2D eigenvalue weighted by Crippen LogP contribution is -2.09. The van der Waals surface area contributed by atoms with Gasteiger partial charge in [-0.15, -0.1) is 0 Å². The van der Waals surface area contributed by atoms with Crippen LogP contribution in [0.4, 0.5) is 11.4 Å². The van der Waals surface area contributed by atoms with E-state index in [0.29, 0.717) is 27.2 Å². The third kappa shape index (κ3) is 7.08. The highest BCUT2D eigenvalue weighted by Gasteiger charge is 2.24. The molecule has 0 amide bonds. The largest absolute Gasteiger partial charge is 0.478 e. The number of thioether (sulfide) groups is 1. The van der Waals surface area contributed by atoms with Crippen LogP contribution in [0.25, 0.3) is 0 Å². The number of ether oxygens (including phenoxy) is 1. The molecular formula is C28H21Cl2N5O3S. The highest BCUT2D eigenvalue weighted by molar-refractivity contribution is 8.00. The van der Waals surface area contributed by atoms with Gasteiger partial charge in [0.1, 0.15) is 16.9 Å². The first-order valence-corrected chi connectivity index (χ1v) is 13.4. The van der Waals surface area contributed by atoms with Crippen LogP contribution in [0.5, 0.6) is 11.5 Å². The summed E-state index contributed by atoms with van der Waals surface area (Å²) in [6, 6.07) is 26.9. The van der Waals surface area contributed by atoms with Gasteiger partial charge in [0, 0.05) is 5.69 Å². The van der Waals surface area contributed by atoms with E-state index >= 15 is 0 Å². The highest BCUT2D eigenvalue weighted by atomic mass is 35.5. The van der Waals surface area contributed by atoms with E-state index < -0.39 is 5.97 Å². The van der Waals surface area contributed by atoms with Crippen molar-refractivity contribution in [2.24, 2.45) is 15.3 Å². The van der Waals surface area contributed by atoms with Gasteiger partial charge in [-0.3, -0.25) is 5.43 Å². The molecule has 0 aromatic heterocycles. The molecular weight excluding hydrogens is 557 g/mol. The number of nitrogens with zero attached hydrogens (tertiary/aromatic N) is 3. The molecule has 4 aromatic rings. The van der Waals surface area contributed by atoms with Crippen molar-refractivity contribution in [3.63, 3.8) is 0 Å². The van der Waals surface area contributed by atoms with Crippen molar-refractivity contribution in [1.29, 1.82) is 0 Å². The Balaban J connectivity index is 1.18. The van der Waals surface area contributed by atoms with Crippen LogP contribution in [0.1, 0.15) is 26.9 Å². The Hall–Kier alpha value is -4.05. The van der Waals surface area contributed by atoms with E-state index in [1.165, 1.54) is 12.1 Å². The number of aromatic carboxylic acids is 1. The van der Waals surface area contributed by atoms with Gasteiger partial charge in [-0.05, 0) is 77.9 Å². The van der Waals surface area contributed by atoms with Crippen molar-refractivity contribution in [2.45, 2.75) is 10.9 Å². The Kier molecular flexibility index (Phi) is 8.31. The molecule has 0 spiro atoms. The topological polar surface area (TPSA) is 108 Å². The van der Waals surface area contributed by atoms with E-state index in [2.05, 4.69) is 26.1 Å². The number of hydrogen-bond acceptors (Lipinski definition) is 8. The predicted molar refractivity (Wildman–Crippen MR) is 157 cm³/mol. The average molecular weight is 578 g/mol. The number of carbonyl (C=O) groups is 1. The Morgan fingerprint density at radius 1 is 0.897 bits per heavy atom. The summed E-state index contributed by atoms with van der Waals surface area (Å²) in [4.78, 5) is 11.0. The lowest BCUT2D eigenvalue weighted by molar-refractivity contribution is 0.0697. The van der Waals surface area contributed by atoms with Crippen LogP contribution in [-0.4, -0.2) is 22.8 Å². The summed E-state index contributed by atoms with van der Waals surface area (Å²) >= 11 is 13.7. The summed E-state index contributed by atoms with van der Waals surface area (Å²) in [5.41, 5.74) is 6.14. The average Bonchev–Trinajstić information content (AvgIpc) is 3.40. The summed E-state index contributed by atoms with van der Waals surface area (Å²) < 4.78 is 6.10. The van der Waals surface area contributed by atoms with Crippen LogP contribution in [0.15, 0.2) is 106 Å². The molecule has 0 radical (unpaired) electrons. The van der Waals surface area contributed by atoms with Gasteiger partial charge in [0.2, 0.25) is 0 Å². The molecule has 11 heteroatoms. The maximum atomic E-state index is 11.0. The molecule has 2 unspecified atom stereocenters. The molecule has 1 heterocycles. The van der Waals surface area contributed by atoms with E-state index in [9.17, 15) is 4.79 Å². The molecule has 0 saturated carbocycles. The second-order valence-corrected chi connectivity index (χ2v) is 10.3. The number of benzene rings is 4. The highest BCUT2D eigenvalue weighted by Crippen LogP contribution is 2.41. The van der Waals surface area contributed by atoms with E-state index in [4.69, 9.17) is 33.0 Å². The molecule has 2 atom stereocenters. The molecule has 0 saturated heterocycles. The quantitative estimate of drug-likeness (QED) is 0.136. The fraction of sp³-hybridized carbons (Fsp3) is 0.0714. The van der Waals surface area contributed by atoms with E-state index in [-0.39, 0.29) is 16.4 Å². The van der Waals surface area contributed by atoms with Crippen LogP contribution < -0.4 is 15.5 Å². The smallest absolute Gasteiger partial charge is 0.335 e. The Bertz CT molecular complexity index is 1550. The second-order valence-electron chi connectivity index (χ2n) is 8.34. The van der Waals surface area contributed by atoms with Gasteiger partial charge >= 0.3 is 5.97 Å². The summed E-state index contributed by atoms with van der Waals surface area (Å²) in [6.07, 6.45) is 1.66. The Labute approximate surface area is 238 Å². The van der Waals surface area contributed by atoms with E-state index in [1.54, 1.807) is 42.2 Å². The maximum Gasteiger partial charge on any atom is 0.335 e. The molecule has 0 fully saturated rings. The minimum atomic E-state index is -0.972. The zero-order chi connectivity index (χ0) is 27.2. The lowest BCUT2D eigenvalue weighted by atomic mass is 10.2. The van der Waals surface area contributed by atoms with Crippen molar-refractivity contribution in [3.8, 4) is 11.5 Å². The Morgan fingerprint density at radius 3 is 2.41 bits per heavy atom. The Morgan fingerprint density at radius 2 is 1.64 bits per heavy atom. The molecule has 5 rings (SSSR count). The van der Waals surface area contributed by atoms with Gasteiger partial charge in [-0.2, -0.15) is 15.3 Å². The molecule has 3 N–H and O–H groups in total.